The van der Waals surface area contributed by atoms with E-state index in [0.29, 0.717) is 21.5 Å². The highest BCUT2D eigenvalue weighted by atomic mass is 35.5. The number of aromatic nitrogens is 2. The lowest BCUT2D eigenvalue weighted by atomic mass is 10.2. The number of hydrogen-bond acceptors (Lipinski definition) is 4. The normalized spacial score (nSPS) is 12.5. The van der Waals surface area contributed by atoms with Crippen LogP contribution in [0.5, 0.6) is 0 Å². The van der Waals surface area contributed by atoms with Gasteiger partial charge >= 0.3 is 0 Å². The van der Waals surface area contributed by atoms with Crippen LogP contribution < -0.4 is 5.32 Å². The van der Waals surface area contributed by atoms with E-state index in [4.69, 9.17) is 28.3 Å². The number of amides is 1. The molecule has 0 aliphatic heterocycles. The molecule has 0 fully saturated rings. The van der Waals surface area contributed by atoms with Crippen molar-refractivity contribution in [2.24, 2.45) is 0 Å². The molecule has 2 aromatic heterocycles. The van der Waals surface area contributed by atoms with Gasteiger partial charge in [-0.25, -0.2) is 0 Å². The average Bonchev–Trinajstić information content (AvgIpc) is 3.12. The minimum Gasteiger partial charge on any atom is -0.394 e. The van der Waals surface area contributed by atoms with Crippen LogP contribution in [0.15, 0.2) is 24.3 Å². The Kier molecular flexibility index (Phi) is 5.34. The van der Waals surface area contributed by atoms with Gasteiger partial charge in [-0.15, -0.1) is 11.3 Å². The lowest BCUT2D eigenvalue weighted by Gasteiger charge is -2.09. The number of carbonyl (C=O) groups excluding carboxylic acids is 1. The molecule has 0 aliphatic rings. The maximum Gasteiger partial charge on any atom is 0.261 e. The van der Waals surface area contributed by atoms with E-state index in [1.165, 1.54) is 11.3 Å². The Morgan fingerprint density at radius 3 is 2.84 bits per heavy atom. The Labute approximate surface area is 159 Å². The van der Waals surface area contributed by atoms with Gasteiger partial charge in [-0.2, -0.15) is 5.10 Å². The third-order valence-electron chi connectivity index (χ3n) is 3.82. The number of aliphatic hydroxyl groups is 1. The molecule has 2 N–H and O–H groups in total. The van der Waals surface area contributed by atoms with Crippen LogP contribution in [-0.4, -0.2) is 33.4 Å². The molecule has 0 aliphatic carbocycles. The summed E-state index contributed by atoms with van der Waals surface area (Å²) < 4.78 is 1.84. The predicted molar refractivity (Wildman–Crippen MR) is 102 cm³/mol. The van der Waals surface area contributed by atoms with Crippen molar-refractivity contribution in [1.82, 2.24) is 15.1 Å². The molecule has 1 unspecified atom stereocenters. The fourth-order valence-corrected chi connectivity index (χ4v) is 4.02. The summed E-state index contributed by atoms with van der Waals surface area (Å²) in [5, 5.41) is 18.5. The van der Waals surface area contributed by atoms with E-state index in [2.05, 4.69) is 10.4 Å². The maximum atomic E-state index is 12.3. The van der Waals surface area contributed by atoms with Crippen molar-refractivity contribution in [1.29, 1.82) is 0 Å². The number of thiophene rings is 1. The second kappa shape index (κ2) is 7.33. The largest absolute Gasteiger partial charge is 0.394 e. The van der Waals surface area contributed by atoms with Gasteiger partial charge < -0.3 is 10.4 Å². The van der Waals surface area contributed by atoms with Crippen LogP contribution in [-0.2, 0) is 6.54 Å². The highest BCUT2D eigenvalue weighted by Crippen LogP contribution is 2.30. The quantitative estimate of drug-likeness (QED) is 0.686. The van der Waals surface area contributed by atoms with Crippen LogP contribution >= 0.6 is 34.5 Å². The molecule has 132 valence electrons. The molecule has 0 spiro atoms. The lowest BCUT2D eigenvalue weighted by molar-refractivity contribution is 0.0926. The summed E-state index contributed by atoms with van der Waals surface area (Å²) in [6.07, 6.45) is 0. The summed E-state index contributed by atoms with van der Waals surface area (Å²) in [5.74, 6) is -0.196. The van der Waals surface area contributed by atoms with Gasteiger partial charge in [-0.05, 0) is 37.6 Å². The second-order valence-electron chi connectivity index (χ2n) is 5.87. The molecular weight excluding hydrogens is 381 g/mol. The third kappa shape index (κ3) is 3.82. The van der Waals surface area contributed by atoms with E-state index >= 15 is 0 Å². The number of hydrogen-bond donors (Lipinski definition) is 2. The number of carbonyl (C=O) groups is 1. The summed E-state index contributed by atoms with van der Waals surface area (Å²) in [7, 11) is 0. The Morgan fingerprint density at radius 2 is 2.16 bits per heavy atom. The number of nitrogens with one attached hydrogen (secondary N) is 1. The van der Waals surface area contributed by atoms with Crippen molar-refractivity contribution in [2.75, 3.05) is 6.61 Å². The number of nitrogens with zero attached hydrogens (tertiary/aromatic N) is 2. The summed E-state index contributed by atoms with van der Waals surface area (Å²) in [6.45, 7) is 4.06. The van der Waals surface area contributed by atoms with E-state index in [-0.39, 0.29) is 18.6 Å². The zero-order chi connectivity index (χ0) is 18.1. The number of rotatable bonds is 5. The van der Waals surface area contributed by atoms with Crippen LogP contribution in [0.3, 0.4) is 0 Å². The molecule has 1 atom stereocenters. The fraction of sp³-hybridized carbons (Fsp3) is 0.294. The van der Waals surface area contributed by atoms with E-state index in [1.54, 1.807) is 19.1 Å². The Bertz CT molecular complexity index is 936. The van der Waals surface area contributed by atoms with Gasteiger partial charge in [0.25, 0.3) is 5.91 Å². The molecule has 5 nitrogen and oxygen atoms in total. The Balaban J connectivity index is 1.93. The summed E-state index contributed by atoms with van der Waals surface area (Å²) in [5.41, 5.74) is 1.76. The van der Waals surface area contributed by atoms with E-state index in [1.807, 2.05) is 23.7 Å². The van der Waals surface area contributed by atoms with Crippen LogP contribution in [0, 0.1) is 6.92 Å². The van der Waals surface area contributed by atoms with E-state index < -0.39 is 0 Å². The van der Waals surface area contributed by atoms with Gasteiger partial charge in [-0.1, -0.05) is 29.3 Å². The lowest BCUT2D eigenvalue weighted by Crippen LogP contribution is -2.34. The first kappa shape index (κ1) is 18.2. The van der Waals surface area contributed by atoms with Crippen molar-refractivity contribution in [2.45, 2.75) is 26.4 Å². The molecule has 0 saturated carbocycles. The molecule has 25 heavy (non-hydrogen) atoms. The zero-order valence-electron chi connectivity index (χ0n) is 13.7. The first-order valence-electron chi connectivity index (χ1n) is 7.71. The minimum atomic E-state index is -0.289. The topological polar surface area (TPSA) is 67.2 Å². The van der Waals surface area contributed by atoms with Crippen molar-refractivity contribution in [3.63, 3.8) is 0 Å². The maximum absolute atomic E-state index is 12.3. The molecule has 3 rings (SSSR count). The fourth-order valence-electron chi connectivity index (χ4n) is 2.48. The standard InChI is InChI=1S/C17H17Cl2N3O2S/c1-9(8-23)20-16(24)15-6-13-10(2)21-22(17(13)25-15)7-11-3-4-12(18)5-14(11)19/h3-6,9,23H,7-8H2,1-2H3,(H,20,24). The molecule has 1 aromatic carbocycles. The highest BCUT2D eigenvalue weighted by Gasteiger charge is 2.18. The first-order valence-corrected chi connectivity index (χ1v) is 9.29. The van der Waals surface area contributed by atoms with Crippen LogP contribution in [0.1, 0.15) is 27.9 Å². The van der Waals surface area contributed by atoms with Crippen LogP contribution in [0.2, 0.25) is 10.0 Å². The smallest absolute Gasteiger partial charge is 0.261 e. The van der Waals surface area contributed by atoms with E-state index in [0.717, 1.165) is 21.5 Å². The third-order valence-corrected chi connectivity index (χ3v) is 5.55. The van der Waals surface area contributed by atoms with Crippen molar-refractivity contribution in [3.8, 4) is 0 Å². The van der Waals surface area contributed by atoms with Gasteiger partial charge in [0.2, 0.25) is 0 Å². The number of aliphatic hydroxyl groups excluding tert-OH is 1. The van der Waals surface area contributed by atoms with Gasteiger partial charge in [-0.3, -0.25) is 9.48 Å². The average molecular weight is 398 g/mol. The molecule has 1 amide bonds. The van der Waals surface area contributed by atoms with Gasteiger partial charge in [0.1, 0.15) is 4.83 Å². The highest BCUT2D eigenvalue weighted by molar-refractivity contribution is 7.20. The first-order chi connectivity index (χ1) is 11.9. The number of halogens is 2. The number of aryl methyl sites for hydroxylation is 1. The molecule has 3 aromatic rings. The molecule has 0 saturated heterocycles. The van der Waals surface area contributed by atoms with E-state index in [9.17, 15) is 4.79 Å². The van der Waals surface area contributed by atoms with Crippen LogP contribution in [0.4, 0.5) is 0 Å². The monoisotopic (exact) mass is 397 g/mol. The van der Waals surface area contributed by atoms with Crippen LogP contribution in [0.25, 0.3) is 10.2 Å². The van der Waals surface area contributed by atoms with Gasteiger partial charge in [0, 0.05) is 21.5 Å². The summed E-state index contributed by atoms with van der Waals surface area (Å²) >= 11 is 13.6. The SMILES string of the molecule is Cc1nn(Cc2ccc(Cl)cc2Cl)c2sc(C(=O)NC(C)CO)cc12. The number of benzene rings is 1. The molecule has 8 heteroatoms. The predicted octanol–water partition coefficient (Wildman–Crippen LogP) is 3.87. The summed E-state index contributed by atoms with van der Waals surface area (Å²) in [4.78, 5) is 13.8. The van der Waals surface area contributed by atoms with Crippen molar-refractivity contribution < 1.29 is 9.90 Å². The Morgan fingerprint density at radius 1 is 1.40 bits per heavy atom. The Hall–Kier alpha value is -1.60. The summed E-state index contributed by atoms with van der Waals surface area (Å²) in [6, 6.07) is 6.91. The molecule has 0 radical (unpaired) electrons. The minimum absolute atomic E-state index is 0.0987. The van der Waals surface area contributed by atoms with Gasteiger partial charge in [0.05, 0.1) is 23.7 Å². The van der Waals surface area contributed by atoms with Crippen molar-refractivity contribution >= 4 is 50.7 Å². The number of fused-ring (bicyclic) bond motifs is 1. The molecular formula is C17H17Cl2N3O2S. The molecule has 2 heterocycles. The second-order valence-corrected chi connectivity index (χ2v) is 7.74. The zero-order valence-corrected chi connectivity index (χ0v) is 16.0. The van der Waals surface area contributed by atoms with Gasteiger partial charge in [0.15, 0.2) is 0 Å². The molecule has 0 bridgehead atoms. The van der Waals surface area contributed by atoms with Crippen molar-refractivity contribution in [3.05, 3.63) is 50.4 Å².